The molecule has 3 nitrogen and oxygen atoms in total. The summed E-state index contributed by atoms with van der Waals surface area (Å²) < 4.78 is 5.49. The Kier molecular flexibility index (Phi) is 4.35. The van der Waals surface area contributed by atoms with Crippen LogP contribution in [0.25, 0.3) is 0 Å². The van der Waals surface area contributed by atoms with E-state index in [9.17, 15) is 0 Å². The van der Waals surface area contributed by atoms with E-state index in [1.165, 1.54) is 18.4 Å². The van der Waals surface area contributed by atoms with Crippen molar-refractivity contribution in [3.8, 4) is 6.07 Å². The van der Waals surface area contributed by atoms with Gasteiger partial charge in [-0.25, -0.2) is 0 Å². The lowest BCUT2D eigenvalue weighted by Gasteiger charge is -2.24. The summed E-state index contributed by atoms with van der Waals surface area (Å²) in [5.74, 6) is 0. The number of methoxy groups -OCH3 is 1. The molecule has 1 aromatic rings. The topological polar surface area (TPSA) is 45.0 Å². The minimum Gasteiger partial charge on any atom is -0.380 e. The van der Waals surface area contributed by atoms with Crippen LogP contribution < -0.4 is 5.32 Å². The Morgan fingerprint density at radius 2 is 2.06 bits per heavy atom. The third kappa shape index (κ3) is 2.90. The van der Waals surface area contributed by atoms with E-state index in [4.69, 9.17) is 10.00 Å². The highest BCUT2D eigenvalue weighted by molar-refractivity contribution is 5.32. The quantitative estimate of drug-likeness (QED) is 0.885. The van der Waals surface area contributed by atoms with Crippen molar-refractivity contribution in [2.75, 3.05) is 7.11 Å². The summed E-state index contributed by atoms with van der Waals surface area (Å²) in [4.78, 5) is 0. The molecule has 1 aromatic carbocycles. The van der Waals surface area contributed by atoms with E-state index in [1.54, 1.807) is 7.11 Å². The van der Waals surface area contributed by atoms with Crippen molar-refractivity contribution in [1.82, 2.24) is 5.32 Å². The molecule has 3 unspecified atom stereocenters. The van der Waals surface area contributed by atoms with Gasteiger partial charge >= 0.3 is 0 Å². The molecule has 1 fully saturated rings. The van der Waals surface area contributed by atoms with Gasteiger partial charge in [-0.05, 0) is 43.9 Å². The van der Waals surface area contributed by atoms with Crippen LogP contribution in [0.2, 0.25) is 0 Å². The number of nitrogens with zero attached hydrogens (tertiary/aromatic N) is 1. The molecule has 96 valence electrons. The fraction of sp³-hybridized carbons (Fsp3) is 0.533. The number of nitrogens with one attached hydrogen (secondary N) is 1. The maximum Gasteiger partial charge on any atom is 0.0991 e. The van der Waals surface area contributed by atoms with E-state index >= 15 is 0 Å². The molecule has 3 atom stereocenters. The van der Waals surface area contributed by atoms with Crippen molar-refractivity contribution in [2.45, 2.75) is 44.4 Å². The Labute approximate surface area is 109 Å². The highest BCUT2D eigenvalue weighted by Crippen LogP contribution is 2.24. The monoisotopic (exact) mass is 244 g/mol. The van der Waals surface area contributed by atoms with E-state index < -0.39 is 0 Å². The Morgan fingerprint density at radius 1 is 1.33 bits per heavy atom. The first-order chi connectivity index (χ1) is 8.74. The second-order valence-electron chi connectivity index (χ2n) is 4.93. The molecular weight excluding hydrogens is 224 g/mol. The summed E-state index contributed by atoms with van der Waals surface area (Å²) in [5.41, 5.74) is 1.93. The first-order valence-electron chi connectivity index (χ1n) is 6.53. The molecule has 0 spiro atoms. The lowest BCUT2D eigenvalue weighted by Crippen LogP contribution is -2.38. The van der Waals surface area contributed by atoms with Crippen molar-refractivity contribution in [3.63, 3.8) is 0 Å². The maximum absolute atomic E-state index is 8.78. The predicted octanol–water partition coefficient (Wildman–Crippen LogP) is 2.78. The molecule has 0 aromatic heterocycles. The minimum absolute atomic E-state index is 0.290. The maximum atomic E-state index is 8.78. The van der Waals surface area contributed by atoms with Gasteiger partial charge < -0.3 is 10.1 Å². The summed E-state index contributed by atoms with van der Waals surface area (Å²) in [5, 5.41) is 12.4. The Hall–Kier alpha value is -1.37. The second kappa shape index (κ2) is 5.99. The highest BCUT2D eigenvalue weighted by Gasteiger charge is 2.28. The SMILES string of the molecule is COC1CCCC1NC(C)c1ccc(C#N)cc1. The zero-order chi connectivity index (χ0) is 13.0. The number of rotatable bonds is 4. The van der Waals surface area contributed by atoms with Crippen LogP contribution in [0.1, 0.15) is 43.4 Å². The van der Waals surface area contributed by atoms with Crippen LogP contribution in [0.4, 0.5) is 0 Å². The van der Waals surface area contributed by atoms with Crippen molar-refractivity contribution in [2.24, 2.45) is 0 Å². The minimum atomic E-state index is 0.290. The number of hydrogen-bond donors (Lipinski definition) is 1. The smallest absolute Gasteiger partial charge is 0.0991 e. The van der Waals surface area contributed by atoms with Crippen LogP contribution in [-0.2, 0) is 4.74 Å². The van der Waals surface area contributed by atoms with Crippen LogP contribution in [0.3, 0.4) is 0 Å². The second-order valence-corrected chi connectivity index (χ2v) is 4.93. The Balaban J connectivity index is 1.98. The van der Waals surface area contributed by atoms with Crippen molar-refractivity contribution >= 4 is 0 Å². The standard InChI is InChI=1S/C15H20N2O/c1-11(13-8-6-12(10-16)7-9-13)17-14-4-3-5-15(14)18-2/h6-9,11,14-15,17H,3-5H2,1-2H3. The first kappa shape index (κ1) is 13.1. The van der Waals surface area contributed by atoms with Gasteiger partial charge in [-0.2, -0.15) is 5.26 Å². The van der Waals surface area contributed by atoms with Gasteiger partial charge in [0.2, 0.25) is 0 Å². The molecule has 1 saturated carbocycles. The fourth-order valence-electron chi connectivity index (χ4n) is 2.66. The van der Waals surface area contributed by atoms with E-state index in [-0.39, 0.29) is 0 Å². The first-order valence-corrected chi connectivity index (χ1v) is 6.53. The van der Waals surface area contributed by atoms with Gasteiger partial charge in [0.15, 0.2) is 0 Å². The largest absolute Gasteiger partial charge is 0.380 e. The molecule has 18 heavy (non-hydrogen) atoms. The molecule has 1 aliphatic carbocycles. The van der Waals surface area contributed by atoms with Gasteiger partial charge in [0.1, 0.15) is 0 Å². The fourth-order valence-corrected chi connectivity index (χ4v) is 2.66. The van der Waals surface area contributed by atoms with Gasteiger partial charge in [0.05, 0.1) is 17.7 Å². The van der Waals surface area contributed by atoms with Crippen LogP contribution in [-0.4, -0.2) is 19.3 Å². The lowest BCUT2D eigenvalue weighted by atomic mass is 10.0. The summed E-state index contributed by atoms with van der Waals surface area (Å²) in [7, 11) is 1.79. The summed E-state index contributed by atoms with van der Waals surface area (Å²) in [6.07, 6.45) is 3.90. The van der Waals surface area contributed by atoms with Crippen molar-refractivity contribution in [1.29, 1.82) is 5.26 Å². The van der Waals surface area contributed by atoms with E-state index in [2.05, 4.69) is 18.3 Å². The molecule has 0 aliphatic heterocycles. The van der Waals surface area contributed by atoms with E-state index in [1.807, 2.05) is 24.3 Å². The number of hydrogen-bond acceptors (Lipinski definition) is 3. The molecule has 0 amide bonds. The van der Waals surface area contributed by atoms with Gasteiger partial charge in [0, 0.05) is 19.2 Å². The van der Waals surface area contributed by atoms with Gasteiger partial charge in [0.25, 0.3) is 0 Å². The Morgan fingerprint density at radius 3 is 2.67 bits per heavy atom. The van der Waals surface area contributed by atoms with Crippen LogP contribution in [0, 0.1) is 11.3 Å². The third-order valence-corrected chi connectivity index (χ3v) is 3.76. The molecule has 0 saturated heterocycles. The number of nitriles is 1. The molecule has 0 heterocycles. The van der Waals surface area contributed by atoms with Gasteiger partial charge in [-0.3, -0.25) is 0 Å². The molecule has 0 bridgehead atoms. The van der Waals surface area contributed by atoms with Crippen LogP contribution in [0.5, 0.6) is 0 Å². The van der Waals surface area contributed by atoms with Crippen molar-refractivity contribution in [3.05, 3.63) is 35.4 Å². The lowest BCUT2D eigenvalue weighted by molar-refractivity contribution is 0.0820. The van der Waals surface area contributed by atoms with Crippen LogP contribution in [0.15, 0.2) is 24.3 Å². The van der Waals surface area contributed by atoms with E-state index in [0.29, 0.717) is 23.8 Å². The number of ether oxygens (including phenoxy) is 1. The highest BCUT2D eigenvalue weighted by atomic mass is 16.5. The predicted molar refractivity (Wildman–Crippen MR) is 71.1 cm³/mol. The van der Waals surface area contributed by atoms with Crippen LogP contribution >= 0.6 is 0 Å². The molecule has 0 radical (unpaired) electrons. The molecular formula is C15H20N2O. The Bertz CT molecular complexity index is 421. The third-order valence-electron chi connectivity index (χ3n) is 3.76. The zero-order valence-electron chi connectivity index (χ0n) is 11.0. The average Bonchev–Trinajstić information content (AvgIpc) is 2.86. The average molecular weight is 244 g/mol. The van der Waals surface area contributed by atoms with Gasteiger partial charge in [-0.15, -0.1) is 0 Å². The zero-order valence-corrected chi connectivity index (χ0v) is 11.0. The molecule has 2 rings (SSSR count). The summed E-state index contributed by atoms with van der Waals surface area (Å²) in [6, 6.07) is 10.7. The van der Waals surface area contributed by atoms with Gasteiger partial charge in [-0.1, -0.05) is 12.1 Å². The normalized spacial score (nSPS) is 24.7. The summed E-state index contributed by atoms with van der Waals surface area (Å²) in [6.45, 7) is 2.16. The summed E-state index contributed by atoms with van der Waals surface area (Å²) >= 11 is 0. The number of benzene rings is 1. The molecule has 1 N–H and O–H groups in total. The molecule has 3 heteroatoms. The van der Waals surface area contributed by atoms with E-state index in [0.717, 1.165) is 6.42 Å². The van der Waals surface area contributed by atoms with Crippen molar-refractivity contribution < 1.29 is 4.74 Å². The molecule has 1 aliphatic rings.